The van der Waals surface area contributed by atoms with Gasteiger partial charge >= 0.3 is 0 Å². The first-order chi connectivity index (χ1) is 9.06. The van der Waals surface area contributed by atoms with Crippen molar-refractivity contribution in [1.82, 2.24) is 4.90 Å². The third-order valence-electron chi connectivity index (χ3n) is 4.35. The fourth-order valence-corrected chi connectivity index (χ4v) is 3.97. The van der Waals surface area contributed by atoms with E-state index < -0.39 is 0 Å². The maximum Gasteiger partial charge on any atom is 0.0346 e. The SMILES string of the molecule is CC1(C)CN(Cc2csc3ccccc23)CCC1N. The van der Waals surface area contributed by atoms with Gasteiger partial charge in [-0.3, -0.25) is 4.90 Å². The molecule has 2 N–H and O–H groups in total. The van der Waals surface area contributed by atoms with Crippen LogP contribution in [0.25, 0.3) is 10.1 Å². The van der Waals surface area contributed by atoms with Crippen LogP contribution in [0.1, 0.15) is 25.8 Å². The standard InChI is InChI=1S/C16H22N2S/c1-16(2)11-18(8-7-15(16)17)9-12-10-19-14-6-4-3-5-13(12)14/h3-6,10,15H,7-9,11,17H2,1-2H3. The molecule has 0 saturated carbocycles. The molecule has 0 amide bonds. The molecule has 1 aliphatic rings. The highest BCUT2D eigenvalue weighted by Gasteiger charge is 2.33. The van der Waals surface area contributed by atoms with Gasteiger partial charge in [-0.15, -0.1) is 11.3 Å². The minimum atomic E-state index is 0.226. The summed E-state index contributed by atoms with van der Waals surface area (Å²) in [4.78, 5) is 2.55. The second-order valence-corrected chi connectivity index (χ2v) is 7.26. The Balaban J connectivity index is 1.79. The van der Waals surface area contributed by atoms with Crippen molar-refractivity contribution in [3.8, 4) is 0 Å². The quantitative estimate of drug-likeness (QED) is 0.908. The van der Waals surface area contributed by atoms with E-state index in [1.807, 2.05) is 11.3 Å². The summed E-state index contributed by atoms with van der Waals surface area (Å²) in [5.74, 6) is 0. The molecule has 0 radical (unpaired) electrons. The second-order valence-electron chi connectivity index (χ2n) is 6.35. The summed E-state index contributed by atoms with van der Waals surface area (Å²) in [5, 5.41) is 3.73. The molecule has 1 atom stereocenters. The Morgan fingerprint density at radius 1 is 1.37 bits per heavy atom. The van der Waals surface area contributed by atoms with Gasteiger partial charge in [0.25, 0.3) is 0 Å². The molecule has 0 aliphatic carbocycles. The van der Waals surface area contributed by atoms with Gasteiger partial charge in [0, 0.05) is 30.4 Å². The first-order valence-corrected chi connectivity index (χ1v) is 7.87. The average Bonchev–Trinajstić information content (AvgIpc) is 2.77. The molecule has 3 heteroatoms. The van der Waals surface area contributed by atoms with Crippen LogP contribution in [0.4, 0.5) is 0 Å². The molecule has 1 aromatic carbocycles. The van der Waals surface area contributed by atoms with E-state index in [9.17, 15) is 0 Å². The average molecular weight is 274 g/mol. The fourth-order valence-electron chi connectivity index (χ4n) is 3.02. The third kappa shape index (κ3) is 2.55. The number of nitrogens with zero attached hydrogens (tertiary/aromatic N) is 1. The zero-order valence-electron chi connectivity index (χ0n) is 11.7. The van der Waals surface area contributed by atoms with Crippen LogP contribution >= 0.6 is 11.3 Å². The molecule has 1 saturated heterocycles. The number of fused-ring (bicyclic) bond motifs is 1. The molecular weight excluding hydrogens is 252 g/mol. The lowest BCUT2D eigenvalue weighted by atomic mass is 9.79. The van der Waals surface area contributed by atoms with Crippen molar-refractivity contribution in [3.05, 3.63) is 35.2 Å². The first kappa shape index (κ1) is 13.1. The number of piperidine rings is 1. The van der Waals surface area contributed by atoms with Crippen LogP contribution in [0.3, 0.4) is 0 Å². The lowest BCUT2D eigenvalue weighted by Crippen LogP contribution is -2.51. The van der Waals surface area contributed by atoms with Gasteiger partial charge in [-0.25, -0.2) is 0 Å². The largest absolute Gasteiger partial charge is 0.327 e. The van der Waals surface area contributed by atoms with Crippen LogP contribution in [-0.2, 0) is 6.54 Å². The van der Waals surface area contributed by atoms with Crippen LogP contribution in [0.5, 0.6) is 0 Å². The highest BCUT2D eigenvalue weighted by molar-refractivity contribution is 7.17. The van der Waals surface area contributed by atoms with E-state index in [1.165, 1.54) is 15.6 Å². The molecule has 0 spiro atoms. The topological polar surface area (TPSA) is 29.3 Å². The third-order valence-corrected chi connectivity index (χ3v) is 5.36. The number of nitrogens with two attached hydrogens (primary N) is 1. The lowest BCUT2D eigenvalue weighted by molar-refractivity contribution is 0.0903. The van der Waals surface area contributed by atoms with Gasteiger partial charge in [0.05, 0.1) is 0 Å². The van der Waals surface area contributed by atoms with Gasteiger partial charge in [-0.1, -0.05) is 32.0 Å². The molecule has 2 nitrogen and oxygen atoms in total. The fraction of sp³-hybridized carbons (Fsp3) is 0.500. The van der Waals surface area contributed by atoms with E-state index in [4.69, 9.17) is 5.73 Å². The summed E-state index contributed by atoms with van der Waals surface area (Å²) in [7, 11) is 0. The van der Waals surface area contributed by atoms with Gasteiger partial charge < -0.3 is 5.73 Å². The number of hydrogen-bond acceptors (Lipinski definition) is 3. The zero-order chi connectivity index (χ0) is 13.5. The van der Waals surface area contributed by atoms with Gasteiger partial charge in [-0.05, 0) is 34.2 Å². The van der Waals surface area contributed by atoms with Gasteiger partial charge in [0.1, 0.15) is 0 Å². The predicted octanol–water partition coefficient (Wildman–Crippen LogP) is 3.46. The smallest absolute Gasteiger partial charge is 0.0346 e. The Morgan fingerprint density at radius 3 is 2.95 bits per heavy atom. The van der Waals surface area contributed by atoms with Crippen molar-refractivity contribution in [1.29, 1.82) is 0 Å². The van der Waals surface area contributed by atoms with E-state index in [-0.39, 0.29) is 5.41 Å². The molecule has 2 aromatic rings. The van der Waals surface area contributed by atoms with E-state index in [0.717, 1.165) is 26.1 Å². The summed E-state index contributed by atoms with van der Waals surface area (Å²) in [6.07, 6.45) is 1.11. The Morgan fingerprint density at radius 2 is 2.16 bits per heavy atom. The Kier molecular flexibility index (Phi) is 3.37. The molecule has 102 valence electrons. The molecule has 1 fully saturated rings. The number of benzene rings is 1. The summed E-state index contributed by atoms with van der Waals surface area (Å²) >= 11 is 1.85. The molecule has 19 heavy (non-hydrogen) atoms. The van der Waals surface area contributed by atoms with Crippen molar-refractivity contribution in [2.75, 3.05) is 13.1 Å². The molecule has 2 heterocycles. The predicted molar refractivity (Wildman–Crippen MR) is 83.5 cm³/mol. The molecular formula is C16H22N2S. The van der Waals surface area contributed by atoms with Crippen LogP contribution in [-0.4, -0.2) is 24.0 Å². The monoisotopic (exact) mass is 274 g/mol. The van der Waals surface area contributed by atoms with Crippen molar-refractivity contribution in [3.63, 3.8) is 0 Å². The minimum absolute atomic E-state index is 0.226. The van der Waals surface area contributed by atoms with Crippen molar-refractivity contribution < 1.29 is 0 Å². The number of hydrogen-bond donors (Lipinski definition) is 1. The van der Waals surface area contributed by atoms with E-state index >= 15 is 0 Å². The summed E-state index contributed by atoms with van der Waals surface area (Å²) in [6, 6.07) is 9.03. The maximum absolute atomic E-state index is 6.21. The van der Waals surface area contributed by atoms with Crippen LogP contribution < -0.4 is 5.73 Å². The Bertz CT molecular complexity index is 573. The van der Waals surface area contributed by atoms with Gasteiger partial charge in [-0.2, -0.15) is 0 Å². The normalized spacial score (nSPS) is 23.8. The number of thiophene rings is 1. The van der Waals surface area contributed by atoms with E-state index in [1.54, 1.807) is 0 Å². The first-order valence-electron chi connectivity index (χ1n) is 6.99. The van der Waals surface area contributed by atoms with E-state index in [2.05, 4.69) is 48.4 Å². The Hall–Kier alpha value is -0.900. The molecule has 0 bridgehead atoms. The maximum atomic E-state index is 6.21. The number of likely N-dealkylation sites (tertiary alicyclic amines) is 1. The summed E-state index contributed by atoms with van der Waals surface area (Å²) in [5.41, 5.74) is 7.91. The van der Waals surface area contributed by atoms with Crippen molar-refractivity contribution in [2.45, 2.75) is 32.9 Å². The second kappa shape index (κ2) is 4.89. The lowest BCUT2D eigenvalue weighted by Gasteiger charge is -2.42. The number of rotatable bonds is 2. The highest BCUT2D eigenvalue weighted by Crippen LogP contribution is 2.31. The molecule has 1 aromatic heterocycles. The van der Waals surface area contributed by atoms with Crippen LogP contribution in [0.15, 0.2) is 29.6 Å². The van der Waals surface area contributed by atoms with Gasteiger partial charge in [0.2, 0.25) is 0 Å². The molecule has 1 unspecified atom stereocenters. The molecule has 1 aliphatic heterocycles. The summed E-state index contributed by atoms with van der Waals surface area (Å²) < 4.78 is 1.39. The molecule has 3 rings (SSSR count). The Labute approximate surface area is 119 Å². The van der Waals surface area contributed by atoms with Crippen LogP contribution in [0.2, 0.25) is 0 Å². The van der Waals surface area contributed by atoms with Crippen molar-refractivity contribution >= 4 is 21.4 Å². The minimum Gasteiger partial charge on any atom is -0.327 e. The van der Waals surface area contributed by atoms with Crippen molar-refractivity contribution in [2.24, 2.45) is 11.1 Å². The summed E-state index contributed by atoms with van der Waals surface area (Å²) in [6.45, 7) is 7.85. The van der Waals surface area contributed by atoms with E-state index in [0.29, 0.717) is 6.04 Å². The van der Waals surface area contributed by atoms with Gasteiger partial charge in [0.15, 0.2) is 0 Å². The van der Waals surface area contributed by atoms with Crippen LogP contribution in [0, 0.1) is 5.41 Å². The zero-order valence-corrected chi connectivity index (χ0v) is 12.5. The highest BCUT2D eigenvalue weighted by atomic mass is 32.1.